The molecule has 1 aromatic carbocycles. The smallest absolute Gasteiger partial charge is 0.163 e. The van der Waals surface area contributed by atoms with Gasteiger partial charge in [0.15, 0.2) is 5.78 Å². The van der Waals surface area contributed by atoms with Crippen LogP contribution >= 0.6 is 0 Å². The summed E-state index contributed by atoms with van der Waals surface area (Å²) in [6.07, 6.45) is 2.74. The Kier molecular flexibility index (Phi) is 2.40. The van der Waals surface area contributed by atoms with Crippen molar-refractivity contribution in [2.75, 3.05) is 0 Å². The summed E-state index contributed by atoms with van der Waals surface area (Å²) in [4.78, 5) is 11.7. The van der Waals surface area contributed by atoms with Gasteiger partial charge in [0.2, 0.25) is 0 Å². The lowest BCUT2D eigenvalue weighted by Crippen LogP contribution is -2.14. The van der Waals surface area contributed by atoms with Gasteiger partial charge in [-0.25, -0.2) is 0 Å². The predicted molar refractivity (Wildman–Crippen MR) is 57.8 cm³/mol. The molecule has 0 spiro atoms. The molecule has 1 aromatic rings. The lowest BCUT2D eigenvalue weighted by Gasteiger charge is -2.21. The highest BCUT2D eigenvalue weighted by atomic mass is 16.1. The molecular weight excluding hydrogens is 172 g/mol. The zero-order valence-corrected chi connectivity index (χ0v) is 8.84. The van der Waals surface area contributed by atoms with E-state index in [4.69, 9.17) is 0 Å². The number of ketones is 1. The first-order valence-electron chi connectivity index (χ1n) is 5.38. The molecule has 1 aliphatic carbocycles. The van der Waals surface area contributed by atoms with Crippen molar-refractivity contribution in [2.24, 2.45) is 0 Å². The van der Waals surface area contributed by atoms with Gasteiger partial charge in [-0.2, -0.15) is 0 Å². The number of fused-ring (bicyclic) bond motifs is 1. The van der Waals surface area contributed by atoms with Crippen LogP contribution in [0.4, 0.5) is 0 Å². The molecule has 0 N–H and O–H groups in total. The summed E-state index contributed by atoms with van der Waals surface area (Å²) < 4.78 is 0. The van der Waals surface area contributed by atoms with Crippen molar-refractivity contribution in [2.45, 2.75) is 39.0 Å². The third-order valence-corrected chi connectivity index (χ3v) is 3.16. The van der Waals surface area contributed by atoms with E-state index < -0.39 is 0 Å². The van der Waals surface area contributed by atoms with Gasteiger partial charge < -0.3 is 0 Å². The van der Waals surface area contributed by atoms with Crippen molar-refractivity contribution in [1.29, 1.82) is 0 Å². The molecule has 0 radical (unpaired) electrons. The zero-order chi connectivity index (χ0) is 10.1. The number of hydrogen-bond donors (Lipinski definition) is 0. The Morgan fingerprint density at radius 1 is 1.43 bits per heavy atom. The second kappa shape index (κ2) is 3.56. The maximum absolute atomic E-state index is 11.7. The van der Waals surface area contributed by atoms with E-state index in [1.165, 1.54) is 11.1 Å². The summed E-state index contributed by atoms with van der Waals surface area (Å²) in [5, 5.41) is 0. The molecule has 1 aliphatic rings. The van der Waals surface area contributed by atoms with Crippen molar-refractivity contribution in [3.05, 3.63) is 34.9 Å². The number of carbonyl (C=O) groups excluding carboxylic acids is 1. The molecule has 0 bridgehead atoms. The highest BCUT2D eigenvalue weighted by Gasteiger charge is 2.22. The normalized spacial score (nSPS) is 20.7. The quantitative estimate of drug-likeness (QED) is 0.660. The van der Waals surface area contributed by atoms with Crippen molar-refractivity contribution in [3.8, 4) is 0 Å². The molecule has 2 rings (SSSR count). The van der Waals surface area contributed by atoms with Crippen LogP contribution < -0.4 is 0 Å². The van der Waals surface area contributed by atoms with Crippen LogP contribution in [-0.4, -0.2) is 5.78 Å². The lowest BCUT2D eigenvalue weighted by atomic mass is 9.82. The topological polar surface area (TPSA) is 17.1 Å². The third kappa shape index (κ3) is 1.47. The Bertz CT molecular complexity index is 365. The summed E-state index contributed by atoms with van der Waals surface area (Å²) in [5.41, 5.74) is 3.49. The number of Topliss-reactive ketones (excluding diaryl/α,β-unsaturated/α-hetero) is 1. The van der Waals surface area contributed by atoms with E-state index in [1.807, 2.05) is 0 Å². The van der Waals surface area contributed by atoms with Crippen LogP contribution in [0.1, 0.15) is 54.1 Å². The fraction of sp³-hybridized carbons (Fsp3) is 0.462. The number of rotatable bonds is 1. The second-order valence-corrected chi connectivity index (χ2v) is 4.14. The Hall–Kier alpha value is -1.11. The summed E-state index contributed by atoms with van der Waals surface area (Å²) in [6, 6.07) is 6.36. The van der Waals surface area contributed by atoms with Crippen LogP contribution in [0.2, 0.25) is 0 Å². The summed E-state index contributed by atoms with van der Waals surface area (Å²) in [6.45, 7) is 4.33. The van der Waals surface area contributed by atoms with E-state index in [0.717, 1.165) is 24.8 Å². The molecule has 0 fully saturated rings. The molecule has 14 heavy (non-hydrogen) atoms. The summed E-state index contributed by atoms with van der Waals surface area (Å²) in [7, 11) is 0. The van der Waals surface area contributed by atoms with E-state index in [9.17, 15) is 4.79 Å². The van der Waals surface area contributed by atoms with E-state index in [1.54, 1.807) is 0 Å². The molecule has 1 heteroatoms. The standard InChI is InChI=1S/C13H16O/c1-3-10-5-6-11-9(2)4-7-13(14)12(11)8-10/h5-6,8-9H,3-4,7H2,1-2H3/t9-/m1/s1. The first kappa shape index (κ1) is 9.45. The SMILES string of the molecule is CCc1ccc2c(c1)C(=O)CC[C@H]2C. The highest BCUT2D eigenvalue weighted by molar-refractivity contribution is 5.98. The minimum atomic E-state index is 0.327. The molecule has 0 aromatic heterocycles. The van der Waals surface area contributed by atoms with Gasteiger partial charge in [0.1, 0.15) is 0 Å². The van der Waals surface area contributed by atoms with E-state index in [0.29, 0.717) is 11.7 Å². The average molecular weight is 188 g/mol. The largest absolute Gasteiger partial charge is 0.294 e. The van der Waals surface area contributed by atoms with Gasteiger partial charge in [-0.05, 0) is 36.0 Å². The first-order valence-corrected chi connectivity index (χ1v) is 5.38. The lowest BCUT2D eigenvalue weighted by molar-refractivity contribution is 0.0968. The molecule has 74 valence electrons. The number of aryl methyl sites for hydroxylation is 1. The average Bonchev–Trinajstić information content (AvgIpc) is 2.23. The summed E-state index contributed by atoms with van der Waals surface area (Å²) in [5.74, 6) is 0.877. The minimum Gasteiger partial charge on any atom is -0.294 e. The highest BCUT2D eigenvalue weighted by Crippen LogP contribution is 2.31. The van der Waals surface area contributed by atoms with Crippen LogP contribution in [0.25, 0.3) is 0 Å². The van der Waals surface area contributed by atoms with Gasteiger partial charge in [0.25, 0.3) is 0 Å². The number of hydrogen-bond acceptors (Lipinski definition) is 1. The van der Waals surface area contributed by atoms with Gasteiger partial charge in [0, 0.05) is 12.0 Å². The third-order valence-electron chi connectivity index (χ3n) is 3.16. The Morgan fingerprint density at radius 3 is 2.93 bits per heavy atom. The van der Waals surface area contributed by atoms with Crippen LogP contribution in [0.5, 0.6) is 0 Å². The van der Waals surface area contributed by atoms with Crippen LogP contribution in [0.15, 0.2) is 18.2 Å². The molecule has 0 saturated heterocycles. The van der Waals surface area contributed by atoms with Gasteiger partial charge in [-0.3, -0.25) is 4.79 Å². The van der Waals surface area contributed by atoms with Crippen molar-refractivity contribution >= 4 is 5.78 Å². The van der Waals surface area contributed by atoms with E-state index in [2.05, 4.69) is 32.0 Å². The second-order valence-electron chi connectivity index (χ2n) is 4.14. The van der Waals surface area contributed by atoms with Gasteiger partial charge in [0.05, 0.1) is 0 Å². The number of benzene rings is 1. The Balaban J connectivity index is 2.50. The predicted octanol–water partition coefficient (Wildman–Crippen LogP) is 3.33. The Labute approximate surface area is 85.1 Å². The van der Waals surface area contributed by atoms with Crippen LogP contribution in [0.3, 0.4) is 0 Å². The molecule has 0 heterocycles. The fourth-order valence-corrected chi connectivity index (χ4v) is 2.13. The van der Waals surface area contributed by atoms with Crippen LogP contribution in [-0.2, 0) is 6.42 Å². The summed E-state index contributed by atoms with van der Waals surface area (Å²) >= 11 is 0. The minimum absolute atomic E-state index is 0.327. The molecule has 0 aliphatic heterocycles. The molecule has 1 atom stereocenters. The monoisotopic (exact) mass is 188 g/mol. The Morgan fingerprint density at radius 2 is 2.21 bits per heavy atom. The van der Waals surface area contributed by atoms with E-state index >= 15 is 0 Å². The molecule has 0 amide bonds. The maximum atomic E-state index is 11.7. The molecule has 0 saturated carbocycles. The van der Waals surface area contributed by atoms with E-state index in [-0.39, 0.29) is 0 Å². The first-order chi connectivity index (χ1) is 6.72. The van der Waals surface area contributed by atoms with Gasteiger partial charge >= 0.3 is 0 Å². The van der Waals surface area contributed by atoms with Gasteiger partial charge in [-0.1, -0.05) is 26.0 Å². The fourth-order valence-electron chi connectivity index (χ4n) is 2.13. The van der Waals surface area contributed by atoms with Crippen LogP contribution in [0, 0.1) is 0 Å². The zero-order valence-electron chi connectivity index (χ0n) is 8.84. The van der Waals surface area contributed by atoms with Gasteiger partial charge in [-0.15, -0.1) is 0 Å². The maximum Gasteiger partial charge on any atom is 0.163 e. The molecule has 1 nitrogen and oxygen atoms in total. The molecule has 0 unspecified atom stereocenters. The van der Waals surface area contributed by atoms with Crippen molar-refractivity contribution < 1.29 is 4.79 Å². The number of carbonyl (C=O) groups is 1. The molecular formula is C13H16O. The van der Waals surface area contributed by atoms with Crippen molar-refractivity contribution in [3.63, 3.8) is 0 Å². The van der Waals surface area contributed by atoms with Crippen molar-refractivity contribution in [1.82, 2.24) is 0 Å².